The van der Waals surface area contributed by atoms with Gasteiger partial charge in [-0.05, 0) is 0 Å². The van der Waals surface area contributed by atoms with Crippen LogP contribution < -0.4 is 10.2 Å². The van der Waals surface area contributed by atoms with Gasteiger partial charge in [0.15, 0.2) is 21.3 Å². The quantitative estimate of drug-likeness (QED) is 0.654. The van der Waals surface area contributed by atoms with Crippen molar-refractivity contribution in [2.75, 3.05) is 16.4 Å². The minimum absolute atomic E-state index is 0.0306. The molecule has 0 unspecified atom stereocenters. The van der Waals surface area contributed by atoms with Crippen LogP contribution in [0, 0.1) is 0 Å². The van der Waals surface area contributed by atoms with Crippen LogP contribution >= 0.6 is 0 Å². The van der Waals surface area contributed by atoms with Crippen molar-refractivity contribution < 1.29 is 13.2 Å². The topological polar surface area (TPSA) is 121 Å². The first-order valence-corrected chi connectivity index (χ1v) is 7.81. The molecule has 4 heterocycles. The number of sulfone groups is 1. The molecule has 2 atom stereocenters. The average molecular weight is 294 g/mol. The van der Waals surface area contributed by atoms with Crippen molar-refractivity contribution in [3.05, 3.63) is 12.7 Å². The van der Waals surface area contributed by atoms with E-state index in [0.29, 0.717) is 17.0 Å². The molecule has 10 heteroatoms. The zero-order valence-electron chi connectivity index (χ0n) is 10.1. The Labute approximate surface area is 113 Å². The van der Waals surface area contributed by atoms with Gasteiger partial charge in [-0.3, -0.25) is 4.90 Å². The number of imidazole rings is 1. The summed E-state index contributed by atoms with van der Waals surface area (Å²) in [6.07, 6.45) is 2.77. The first kappa shape index (κ1) is 11.6. The molecule has 2 fully saturated rings. The van der Waals surface area contributed by atoms with E-state index in [-0.39, 0.29) is 23.6 Å². The van der Waals surface area contributed by atoms with Gasteiger partial charge in [0.05, 0.1) is 29.9 Å². The lowest BCUT2D eigenvalue weighted by molar-refractivity contribution is 0.251. The van der Waals surface area contributed by atoms with Gasteiger partial charge in [0, 0.05) is 0 Å². The van der Waals surface area contributed by atoms with Crippen LogP contribution in [-0.4, -0.2) is 58.0 Å². The Morgan fingerprint density at radius 2 is 2.10 bits per heavy atom. The van der Waals surface area contributed by atoms with Crippen LogP contribution in [0.25, 0.3) is 11.2 Å². The molecule has 2 saturated heterocycles. The van der Waals surface area contributed by atoms with Gasteiger partial charge in [0.25, 0.3) is 0 Å². The molecule has 0 spiro atoms. The van der Waals surface area contributed by atoms with Crippen LogP contribution in [0.15, 0.2) is 12.7 Å². The van der Waals surface area contributed by atoms with Gasteiger partial charge in [-0.25, -0.2) is 28.2 Å². The van der Waals surface area contributed by atoms with Gasteiger partial charge >= 0.3 is 6.03 Å². The maximum absolute atomic E-state index is 12.1. The molecule has 0 radical (unpaired) electrons. The summed E-state index contributed by atoms with van der Waals surface area (Å²) in [4.78, 5) is 28.5. The first-order chi connectivity index (χ1) is 9.55. The van der Waals surface area contributed by atoms with E-state index >= 15 is 0 Å². The molecule has 0 aliphatic carbocycles. The van der Waals surface area contributed by atoms with Crippen molar-refractivity contribution in [2.24, 2.45) is 0 Å². The summed E-state index contributed by atoms with van der Waals surface area (Å²) in [5, 5.41) is 2.69. The highest BCUT2D eigenvalue weighted by Crippen LogP contribution is 2.30. The summed E-state index contributed by atoms with van der Waals surface area (Å²) in [6, 6.07) is -1.17. The van der Waals surface area contributed by atoms with E-state index in [9.17, 15) is 13.2 Å². The number of carbonyl (C=O) groups excluding carboxylic acids is 1. The first-order valence-electron chi connectivity index (χ1n) is 5.99. The number of hydrogen-bond acceptors (Lipinski definition) is 6. The Kier molecular flexibility index (Phi) is 2.12. The number of rotatable bonds is 1. The summed E-state index contributed by atoms with van der Waals surface area (Å²) in [7, 11) is -3.14. The van der Waals surface area contributed by atoms with Gasteiger partial charge in [-0.1, -0.05) is 0 Å². The number of H-pyrrole nitrogens is 1. The number of urea groups is 1. The highest BCUT2D eigenvalue weighted by molar-refractivity contribution is 7.91. The van der Waals surface area contributed by atoms with Crippen LogP contribution in [0.3, 0.4) is 0 Å². The van der Waals surface area contributed by atoms with Crippen molar-refractivity contribution in [2.45, 2.75) is 12.1 Å². The standard InChI is InChI=1S/C10H10N6O3S/c17-10-15-5-1-20(18,19)2-6(5)16(10)9-7-8(12-3-11-7)13-4-14-9/h3-6H,1-2H2,(H,15,17)(H,11,12,13,14)/t5-,6+/m1/s1. The van der Waals surface area contributed by atoms with Crippen LogP contribution in [0.2, 0.25) is 0 Å². The molecule has 2 aromatic heterocycles. The van der Waals surface area contributed by atoms with Crippen LogP contribution in [0.4, 0.5) is 10.6 Å². The average Bonchev–Trinajstić information content (AvgIpc) is 3.00. The highest BCUT2D eigenvalue weighted by Gasteiger charge is 2.50. The molecule has 0 aromatic carbocycles. The zero-order chi connectivity index (χ0) is 13.9. The second-order valence-corrected chi connectivity index (χ2v) is 7.02. The number of aromatic amines is 1. The molecule has 9 nitrogen and oxygen atoms in total. The maximum Gasteiger partial charge on any atom is 0.323 e. The van der Waals surface area contributed by atoms with E-state index < -0.39 is 15.9 Å². The predicted molar refractivity (Wildman–Crippen MR) is 68.9 cm³/mol. The number of fused-ring (bicyclic) bond motifs is 2. The van der Waals surface area contributed by atoms with Gasteiger partial charge in [0.1, 0.15) is 11.8 Å². The van der Waals surface area contributed by atoms with Crippen LogP contribution in [0.5, 0.6) is 0 Å². The number of nitrogens with zero attached hydrogens (tertiary/aromatic N) is 4. The van der Waals surface area contributed by atoms with E-state index in [1.165, 1.54) is 17.6 Å². The smallest absolute Gasteiger partial charge is 0.323 e. The van der Waals surface area contributed by atoms with Gasteiger partial charge in [-0.2, -0.15) is 0 Å². The fourth-order valence-electron chi connectivity index (χ4n) is 2.79. The van der Waals surface area contributed by atoms with E-state index in [1.54, 1.807) is 0 Å². The van der Waals surface area contributed by atoms with Crippen LogP contribution in [0.1, 0.15) is 0 Å². The van der Waals surface area contributed by atoms with E-state index in [4.69, 9.17) is 0 Å². The molecule has 2 aromatic rings. The number of amides is 2. The van der Waals surface area contributed by atoms with Crippen molar-refractivity contribution in [1.82, 2.24) is 25.3 Å². The number of nitrogens with one attached hydrogen (secondary N) is 2. The SMILES string of the molecule is O=C1N[C@@H]2CS(=O)(=O)C[C@@H]2N1c1ncnc2nc[nH]c12. The Morgan fingerprint density at radius 1 is 1.25 bits per heavy atom. The molecule has 2 aliphatic rings. The van der Waals surface area contributed by atoms with Crippen molar-refractivity contribution in [1.29, 1.82) is 0 Å². The minimum atomic E-state index is -3.14. The minimum Gasteiger partial charge on any atom is -0.340 e. The molecule has 2 N–H and O–H groups in total. The Bertz CT molecular complexity index is 815. The Morgan fingerprint density at radius 3 is 2.95 bits per heavy atom. The van der Waals surface area contributed by atoms with Gasteiger partial charge in [-0.15, -0.1) is 0 Å². The molecule has 0 saturated carbocycles. The molecule has 2 aliphatic heterocycles. The lowest BCUT2D eigenvalue weighted by Gasteiger charge is -2.20. The maximum atomic E-state index is 12.1. The fourth-order valence-corrected chi connectivity index (χ4v) is 4.68. The predicted octanol–water partition coefficient (Wildman–Crippen LogP) is -0.952. The molecular weight excluding hydrogens is 284 g/mol. The number of anilines is 1. The van der Waals surface area contributed by atoms with Gasteiger partial charge in [0.2, 0.25) is 0 Å². The highest BCUT2D eigenvalue weighted by atomic mass is 32.2. The Hall–Kier alpha value is -2.23. The fraction of sp³-hybridized carbons (Fsp3) is 0.400. The third-order valence-electron chi connectivity index (χ3n) is 3.61. The Balaban J connectivity index is 1.85. The molecular formula is C10H10N6O3S. The zero-order valence-corrected chi connectivity index (χ0v) is 11.0. The normalized spacial score (nSPS) is 27.8. The molecule has 0 bridgehead atoms. The number of aromatic nitrogens is 4. The van der Waals surface area contributed by atoms with Crippen molar-refractivity contribution >= 4 is 32.9 Å². The molecule has 2 amide bonds. The molecule has 104 valence electrons. The van der Waals surface area contributed by atoms with E-state index in [0.717, 1.165) is 0 Å². The third kappa shape index (κ3) is 1.51. The number of carbonyl (C=O) groups is 1. The third-order valence-corrected chi connectivity index (χ3v) is 5.33. The van der Waals surface area contributed by atoms with E-state index in [1.807, 2.05) is 0 Å². The lowest BCUT2D eigenvalue weighted by atomic mass is 10.2. The number of hydrogen-bond donors (Lipinski definition) is 2. The van der Waals surface area contributed by atoms with Gasteiger partial charge < -0.3 is 10.3 Å². The molecule has 20 heavy (non-hydrogen) atoms. The van der Waals surface area contributed by atoms with E-state index in [2.05, 4.69) is 25.3 Å². The second-order valence-electron chi connectivity index (χ2n) is 4.87. The second kappa shape index (κ2) is 3.66. The monoisotopic (exact) mass is 294 g/mol. The summed E-state index contributed by atoms with van der Waals surface area (Å²) in [5.41, 5.74) is 0.958. The molecule has 4 rings (SSSR count). The summed E-state index contributed by atoms with van der Waals surface area (Å²) < 4.78 is 23.4. The summed E-state index contributed by atoms with van der Waals surface area (Å²) in [5.74, 6) is 0.266. The largest absolute Gasteiger partial charge is 0.340 e. The van der Waals surface area contributed by atoms with Crippen molar-refractivity contribution in [3.8, 4) is 0 Å². The van der Waals surface area contributed by atoms with Crippen LogP contribution in [-0.2, 0) is 9.84 Å². The lowest BCUT2D eigenvalue weighted by Crippen LogP contribution is -2.37. The summed E-state index contributed by atoms with van der Waals surface area (Å²) in [6.45, 7) is 0. The van der Waals surface area contributed by atoms with Crippen molar-refractivity contribution in [3.63, 3.8) is 0 Å². The summed E-state index contributed by atoms with van der Waals surface area (Å²) >= 11 is 0.